The summed E-state index contributed by atoms with van der Waals surface area (Å²) in [4.78, 5) is 22.6. The Kier molecular flexibility index (Phi) is 8.77. The van der Waals surface area contributed by atoms with Crippen molar-refractivity contribution in [3.63, 3.8) is 0 Å². The number of nitrogens with zero attached hydrogens (tertiary/aromatic N) is 2. The first-order chi connectivity index (χ1) is 18.9. The molecule has 0 saturated heterocycles. The van der Waals surface area contributed by atoms with Gasteiger partial charge in [-0.1, -0.05) is 33.8 Å². The van der Waals surface area contributed by atoms with E-state index in [1.165, 1.54) is 31.4 Å². The lowest BCUT2D eigenvalue weighted by atomic mass is 9.85. The van der Waals surface area contributed by atoms with Crippen molar-refractivity contribution in [2.24, 2.45) is 17.8 Å². The molecular weight excluding hydrogens is 533 g/mol. The molecule has 1 aliphatic carbocycles. The zero-order chi connectivity index (χ0) is 29.2. The van der Waals surface area contributed by atoms with Crippen molar-refractivity contribution in [2.75, 3.05) is 13.7 Å². The van der Waals surface area contributed by atoms with Crippen LogP contribution in [0.1, 0.15) is 71.1 Å². The number of benzene rings is 1. The summed E-state index contributed by atoms with van der Waals surface area (Å²) in [6.45, 7) is 10.3. The van der Waals surface area contributed by atoms with Crippen molar-refractivity contribution in [2.45, 2.75) is 58.4 Å². The second kappa shape index (κ2) is 11.9. The van der Waals surface area contributed by atoms with E-state index in [0.29, 0.717) is 35.0 Å². The molecule has 0 aliphatic heterocycles. The number of ether oxygens (including phenoxy) is 2. The lowest BCUT2D eigenvalue weighted by Gasteiger charge is -2.24. The van der Waals surface area contributed by atoms with Gasteiger partial charge in [0.15, 0.2) is 5.03 Å². The van der Waals surface area contributed by atoms with Crippen molar-refractivity contribution in [1.29, 1.82) is 0 Å². The minimum Gasteiger partial charge on any atom is -0.496 e. The zero-order valence-corrected chi connectivity index (χ0v) is 24.5. The monoisotopic (exact) mass is 573 g/mol. The van der Waals surface area contributed by atoms with Crippen LogP contribution in [0.3, 0.4) is 0 Å². The molecule has 1 N–H and O–H groups in total. The van der Waals surface area contributed by atoms with Crippen LogP contribution in [0.15, 0.2) is 47.5 Å². The maximum Gasteiger partial charge on any atom is 0.281 e. The fraction of sp³-hybridized carbons (Fsp3) is 0.433. The van der Waals surface area contributed by atoms with Gasteiger partial charge in [0.25, 0.3) is 15.9 Å². The SMILES string of the molecule is COc1cc(-c2cc(F)cc(OCC(C)C)c2)nc(C2[C@H](C)CC[C@@H]2C)c1C(=O)NS(=O)(=O)c1cccc(C)n1.[HH].[HH]. The van der Waals surface area contributed by atoms with E-state index in [2.05, 4.69) is 23.6 Å². The molecule has 1 amide bonds. The summed E-state index contributed by atoms with van der Waals surface area (Å²) in [5.74, 6) is -0.355. The van der Waals surface area contributed by atoms with Crippen LogP contribution in [-0.4, -0.2) is 38.0 Å². The van der Waals surface area contributed by atoms with Gasteiger partial charge in [0.05, 0.1) is 25.1 Å². The molecule has 2 heterocycles. The van der Waals surface area contributed by atoms with Gasteiger partial charge >= 0.3 is 0 Å². The van der Waals surface area contributed by atoms with E-state index < -0.39 is 21.7 Å². The second-order valence-electron chi connectivity index (χ2n) is 11.0. The Morgan fingerprint density at radius 2 is 1.82 bits per heavy atom. The Morgan fingerprint density at radius 3 is 2.45 bits per heavy atom. The number of methoxy groups -OCH3 is 1. The molecule has 8 nitrogen and oxygen atoms in total. The van der Waals surface area contributed by atoms with Crippen LogP contribution in [0.25, 0.3) is 11.3 Å². The first-order valence-corrected chi connectivity index (χ1v) is 14.9. The molecule has 40 heavy (non-hydrogen) atoms. The van der Waals surface area contributed by atoms with Crippen LogP contribution in [0, 0.1) is 30.5 Å². The number of rotatable bonds is 9. The Hall–Kier alpha value is -3.53. The van der Waals surface area contributed by atoms with Crippen molar-refractivity contribution in [3.05, 3.63) is 65.2 Å². The summed E-state index contributed by atoms with van der Waals surface area (Å²) in [6, 6.07) is 10.4. The summed E-state index contributed by atoms with van der Waals surface area (Å²) >= 11 is 0. The molecule has 0 bridgehead atoms. The number of hydrogen-bond acceptors (Lipinski definition) is 7. The molecule has 10 heteroatoms. The number of amides is 1. The molecule has 1 fully saturated rings. The lowest BCUT2D eigenvalue weighted by molar-refractivity contribution is 0.0975. The van der Waals surface area contributed by atoms with Gasteiger partial charge in [0, 0.05) is 32.2 Å². The fourth-order valence-electron chi connectivity index (χ4n) is 5.25. The molecular formula is C30H40FN3O5S. The molecule has 2 aromatic heterocycles. The standard InChI is InChI=1S/C30H36FN3O5S.2H2/c1-17(2)16-39-23-13-21(12-22(31)14-23)24-15-25(38-6)28(29(33-24)27-18(3)10-11-19(27)4)30(35)34-40(36,37)26-9-7-8-20(5)32-26;;/h7-9,12-15,17-19,27H,10-11,16H2,1-6H3,(H,34,35);2*1H/t18-,19+,27?;;. The number of halogens is 1. The first kappa shape index (κ1) is 29.5. The highest BCUT2D eigenvalue weighted by atomic mass is 32.2. The minimum absolute atomic E-state index is 0. The van der Waals surface area contributed by atoms with Crippen LogP contribution in [0.2, 0.25) is 0 Å². The third kappa shape index (κ3) is 6.43. The van der Waals surface area contributed by atoms with Crippen molar-refractivity contribution < 1.29 is 29.9 Å². The number of carbonyl (C=O) groups excluding carboxylic acids is 1. The third-order valence-corrected chi connectivity index (χ3v) is 8.43. The quantitative estimate of drug-likeness (QED) is 0.316. The average Bonchev–Trinajstić information content (AvgIpc) is 3.23. The number of pyridine rings is 2. The molecule has 4 rings (SSSR count). The van der Waals surface area contributed by atoms with Gasteiger partial charge in [-0.15, -0.1) is 0 Å². The summed E-state index contributed by atoms with van der Waals surface area (Å²) in [5.41, 5.74) is 1.82. The number of aryl methyl sites for hydroxylation is 1. The van der Waals surface area contributed by atoms with Crippen LogP contribution in [0.4, 0.5) is 4.39 Å². The smallest absolute Gasteiger partial charge is 0.281 e. The summed E-state index contributed by atoms with van der Waals surface area (Å²) in [5, 5.41) is -0.262. The maximum atomic E-state index is 14.7. The van der Waals surface area contributed by atoms with E-state index in [4.69, 9.17) is 14.5 Å². The Morgan fingerprint density at radius 1 is 1.12 bits per heavy atom. The van der Waals surface area contributed by atoms with Crippen molar-refractivity contribution >= 4 is 15.9 Å². The summed E-state index contributed by atoms with van der Waals surface area (Å²) in [7, 11) is -2.87. The molecule has 0 radical (unpaired) electrons. The van der Waals surface area contributed by atoms with Gasteiger partial charge in [-0.3, -0.25) is 9.78 Å². The van der Waals surface area contributed by atoms with Gasteiger partial charge in [-0.05, 0) is 61.8 Å². The average molecular weight is 574 g/mol. The van der Waals surface area contributed by atoms with Crippen molar-refractivity contribution in [1.82, 2.24) is 14.7 Å². The van der Waals surface area contributed by atoms with E-state index in [1.54, 1.807) is 25.1 Å². The molecule has 3 atom stereocenters. The normalized spacial score (nSPS) is 19.1. The molecule has 1 aliphatic rings. The molecule has 1 aromatic carbocycles. The topological polar surface area (TPSA) is 107 Å². The van der Waals surface area contributed by atoms with Gasteiger partial charge < -0.3 is 9.47 Å². The predicted molar refractivity (Wildman–Crippen MR) is 155 cm³/mol. The van der Waals surface area contributed by atoms with E-state index in [0.717, 1.165) is 12.8 Å². The molecule has 3 aromatic rings. The van der Waals surface area contributed by atoms with Crippen LogP contribution < -0.4 is 14.2 Å². The largest absolute Gasteiger partial charge is 0.496 e. The number of sulfonamides is 1. The second-order valence-corrected chi connectivity index (χ2v) is 12.6. The van der Waals surface area contributed by atoms with E-state index in [-0.39, 0.29) is 42.9 Å². The van der Waals surface area contributed by atoms with Crippen LogP contribution in [0.5, 0.6) is 11.5 Å². The lowest BCUT2D eigenvalue weighted by Crippen LogP contribution is -2.33. The highest BCUT2D eigenvalue weighted by molar-refractivity contribution is 7.90. The van der Waals surface area contributed by atoms with Gasteiger partial charge in [0.1, 0.15) is 22.9 Å². The van der Waals surface area contributed by atoms with Crippen LogP contribution in [-0.2, 0) is 10.0 Å². The Labute approximate surface area is 238 Å². The van der Waals surface area contributed by atoms with Gasteiger partial charge in [-0.2, -0.15) is 8.42 Å². The summed E-state index contributed by atoms with van der Waals surface area (Å²) < 4.78 is 54.4. The minimum atomic E-state index is -4.27. The summed E-state index contributed by atoms with van der Waals surface area (Å²) in [6.07, 6.45) is 1.86. The van der Waals surface area contributed by atoms with Crippen molar-refractivity contribution in [3.8, 4) is 22.8 Å². The predicted octanol–water partition coefficient (Wildman–Crippen LogP) is 6.39. The van der Waals surface area contributed by atoms with E-state index in [9.17, 15) is 17.6 Å². The Bertz CT molecular complexity index is 1510. The number of hydrogen-bond donors (Lipinski definition) is 1. The third-order valence-electron chi connectivity index (χ3n) is 7.19. The highest BCUT2D eigenvalue weighted by Crippen LogP contribution is 2.46. The maximum absolute atomic E-state index is 14.7. The first-order valence-electron chi connectivity index (χ1n) is 13.4. The van der Waals surface area contributed by atoms with E-state index >= 15 is 0 Å². The molecule has 1 unspecified atom stereocenters. The number of aromatic nitrogens is 2. The number of carbonyl (C=O) groups is 1. The fourth-order valence-corrected chi connectivity index (χ4v) is 6.23. The highest BCUT2D eigenvalue weighted by Gasteiger charge is 2.38. The Balaban J connectivity index is 0.00000308. The van der Waals surface area contributed by atoms with Crippen LogP contribution >= 0.6 is 0 Å². The molecule has 0 spiro atoms. The van der Waals surface area contributed by atoms with E-state index in [1.807, 2.05) is 13.8 Å². The molecule has 1 saturated carbocycles. The number of nitrogens with one attached hydrogen (secondary N) is 1. The van der Waals surface area contributed by atoms with Gasteiger partial charge in [0.2, 0.25) is 0 Å². The molecule has 218 valence electrons. The zero-order valence-electron chi connectivity index (χ0n) is 23.7. The van der Waals surface area contributed by atoms with Gasteiger partial charge in [-0.25, -0.2) is 14.1 Å².